The fourth-order valence-electron chi connectivity index (χ4n) is 3.98. The standard InChI is InChI=1S/C19H24FN3O3/c1-3-22(15-9-7-14(20)8-10-15)16(24)12-23-17(25)19(21-18(23)26)11-5-4-6-13(19)2/h7-10,13H,3-6,11-12H2,1-2H3,(H,21,26). The van der Waals surface area contributed by atoms with Gasteiger partial charge in [-0.3, -0.25) is 14.5 Å². The van der Waals surface area contributed by atoms with Crippen molar-refractivity contribution < 1.29 is 18.8 Å². The number of urea groups is 1. The molecule has 26 heavy (non-hydrogen) atoms. The summed E-state index contributed by atoms with van der Waals surface area (Å²) in [5.41, 5.74) is -0.339. The maximum atomic E-state index is 13.1. The molecular weight excluding hydrogens is 337 g/mol. The molecule has 2 aliphatic rings. The number of amides is 4. The molecule has 1 spiro atoms. The Morgan fingerprint density at radius 2 is 2.00 bits per heavy atom. The maximum Gasteiger partial charge on any atom is 0.325 e. The summed E-state index contributed by atoms with van der Waals surface area (Å²) in [6.45, 7) is 3.80. The molecule has 1 saturated carbocycles. The normalized spacial score (nSPS) is 25.5. The molecule has 2 atom stereocenters. The number of likely N-dealkylation sites (N-methyl/N-ethyl adjacent to an activating group) is 1. The third kappa shape index (κ3) is 3.06. The van der Waals surface area contributed by atoms with E-state index >= 15 is 0 Å². The van der Waals surface area contributed by atoms with Crippen molar-refractivity contribution in [1.82, 2.24) is 10.2 Å². The highest BCUT2D eigenvalue weighted by Gasteiger charge is 2.55. The summed E-state index contributed by atoms with van der Waals surface area (Å²) in [5.74, 6) is -1.02. The number of anilines is 1. The number of imide groups is 1. The van der Waals surface area contributed by atoms with E-state index in [9.17, 15) is 18.8 Å². The Kier molecular flexibility index (Phi) is 4.98. The van der Waals surface area contributed by atoms with Crippen molar-refractivity contribution in [3.63, 3.8) is 0 Å². The van der Waals surface area contributed by atoms with Gasteiger partial charge in [-0.15, -0.1) is 0 Å². The van der Waals surface area contributed by atoms with Crippen molar-refractivity contribution in [2.75, 3.05) is 18.0 Å². The second kappa shape index (κ2) is 7.05. The molecule has 0 bridgehead atoms. The predicted molar refractivity (Wildman–Crippen MR) is 95.0 cm³/mol. The van der Waals surface area contributed by atoms with Crippen LogP contribution in [-0.2, 0) is 9.59 Å². The number of benzene rings is 1. The van der Waals surface area contributed by atoms with E-state index < -0.39 is 11.6 Å². The zero-order valence-electron chi connectivity index (χ0n) is 15.1. The first-order chi connectivity index (χ1) is 12.4. The Morgan fingerprint density at radius 1 is 1.31 bits per heavy atom. The molecule has 1 N–H and O–H groups in total. The van der Waals surface area contributed by atoms with Crippen LogP contribution in [0, 0.1) is 11.7 Å². The van der Waals surface area contributed by atoms with Crippen LogP contribution < -0.4 is 10.2 Å². The van der Waals surface area contributed by atoms with Crippen LogP contribution in [0.15, 0.2) is 24.3 Å². The molecule has 1 aromatic carbocycles. The number of nitrogens with one attached hydrogen (secondary N) is 1. The van der Waals surface area contributed by atoms with Crippen molar-refractivity contribution in [2.45, 2.75) is 45.1 Å². The summed E-state index contributed by atoms with van der Waals surface area (Å²) in [6.07, 6.45) is 3.41. The smallest absolute Gasteiger partial charge is 0.323 e. The largest absolute Gasteiger partial charge is 0.325 e. The van der Waals surface area contributed by atoms with Crippen LogP contribution in [0.5, 0.6) is 0 Å². The highest BCUT2D eigenvalue weighted by molar-refractivity contribution is 6.10. The molecule has 140 valence electrons. The van der Waals surface area contributed by atoms with E-state index in [1.165, 1.54) is 29.2 Å². The molecular formula is C19H24FN3O3. The van der Waals surface area contributed by atoms with Crippen molar-refractivity contribution in [1.29, 1.82) is 0 Å². The zero-order chi connectivity index (χ0) is 18.9. The molecule has 1 heterocycles. The summed E-state index contributed by atoms with van der Waals surface area (Å²) in [4.78, 5) is 40.5. The van der Waals surface area contributed by atoms with Crippen LogP contribution in [0.25, 0.3) is 0 Å². The van der Waals surface area contributed by atoms with Gasteiger partial charge in [0.05, 0.1) is 0 Å². The fourth-order valence-corrected chi connectivity index (χ4v) is 3.98. The number of hydrogen-bond donors (Lipinski definition) is 1. The number of rotatable bonds is 4. The molecule has 3 rings (SSSR count). The van der Waals surface area contributed by atoms with Gasteiger partial charge in [0, 0.05) is 12.2 Å². The lowest BCUT2D eigenvalue weighted by atomic mass is 9.73. The summed E-state index contributed by atoms with van der Waals surface area (Å²) in [6, 6.07) is 5.06. The van der Waals surface area contributed by atoms with Gasteiger partial charge in [0.2, 0.25) is 5.91 Å². The number of nitrogens with zero attached hydrogens (tertiary/aromatic N) is 2. The monoisotopic (exact) mass is 361 g/mol. The van der Waals surface area contributed by atoms with Gasteiger partial charge in [0.25, 0.3) is 5.91 Å². The average molecular weight is 361 g/mol. The van der Waals surface area contributed by atoms with Crippen molar-refractivity contribution in [3.8, 4) is 0 Å². The van der Waals surface area contributed by atoms with Crippen LogP contribution >= 0.6 is 0 Å². The topological polar surface area (TPSA) is 69.7 Å². The SMILES string of the molecule is CCN(C(=O)CN1C(=O)NC2(CCCCC2C)C1=O)c1ccc(F)cc1. The summed E-state index contributed by atoms with van der Waals surface area (Å²) < 4.78 is 13.1. The van der Waals surface area contributed by atoms with Gasteiger partial charge >= 0.3 is 6.03 Å². The minimum absolute atomic E-state index is 0.0483. The first kappa shape index (κ1) is 18.4. The molecule has 2 unspecified atom stereocenters. The molecule has 1 aliphatic carbocycles. The predicted octanol–water partition coefficient (Wildman–Crippen LogP) is 2.68. The lowest BCUT2D eigenvalue weighted by Gasteiger charge is -2.36. The quantitative estimate of drug-likeness (QED) is 0.839. The molecule has 1 aromatic rings. The van der Waals surface area contributed by atoms with E-state index in [2.05, 4.69) is 5.32 Å². The summed E-state index contributed by atoms with van der Waals surface area (Å²) >= 11 is 0. The van der Waals surface area contributed by atoms with Gasteiger partial charge in [-0.25, -0.2) is 9.18 Å². The number of halogens is 1. The fraction of sp³-hybridized carbons (Fsp3) is 0.526. The van der Waals surface area contributed by atoms with Crippen LogP contribution in [0.1, 0.15) is 39.5 Å². The van der Waals surface area contributed by atoms with Crippen LogP contribution in [0.2, 0.25) is 0 Å². The highest BCUT2D eigenvalue weighted by Crippen LogP contribution is 2.38. The second-order valence-corrected chi connectivity index (χ2v) is 7.05. The van der Waals surface area contributed by atoms with Crippen molar-refractivity contribution >= 4 is 23.5 Å². The minimum atomic E-state index is -0.872. The van der Waals surface area contributed by atoms with Crippen molar-refractivity contribution in [2.24, 2.45) is 5.92 Å². The lowest BCUT2D eigenvalue weighted by Crippen LogP contribution is -2.54. The van der Waals surface area contributed by atoms with E-state index in [0.717, 1.165) is 24.2 Å². The number of hydrogen-bond acceptors (Lipinski definition) is 3. The third-order valence-electron chi connectivity index (χ3n) is 5.55. The molecule has 1 saturated heterocycles. The van der Waals surface area contributed by atoms with E-state index in [1.807, 2.05) is 6.92 Å². The average Bonchev–Trinajstić information content (AvgIpc) is 2.85. The first-order valence-corrected chi connectivity index (χ1v) is 9.09. The van der Waals surface area contributed by atoms with Gasteiger partial charge < -0.3 is 10.2 Å². The highest BCUT2D eigenvalue weighted by atomic mass is 19.1. The Labute approximate surface area is 152 Å². The van der Waals surface area contributed by atoms with Gasteiger partial charge in [0.15, 0.2) is 0 Å². The van der Waals surface area contributed by atoms with Gasteiger partial charge in [-0.1, -0.05) is 19.8 Å². The Bertz CT molecular complexity index is 721. The van der Waals surface area contributed by atoms with Crippen LogP contribution in [-0.4, -0.2) is 41.4 Å². The first-order valence-electron chi connectivity index (χ1n) is 9.09. The molecule has 2 fully saturated rings. The van der Waals surface area contributed by atoms with Crippen LogP contribution in [0.3, 0.4) is 0 Å². The Morgan fingerprint density at radius 3 is 2.62 bits per heavy atom. The van der Waals surface area contributed by atoms with E-state index in [-0.39, 0.29) is 30.1 Å². The molecule has 1 aliphatic heterocycles. The Balaban J connectivity index is 1.77. The van der Waals surface area contributed by atoms with Gasteiger partial charge in [-0.05, 0) is 49.9 Å². The summed E-state index contributed by atoms with van der Waals surface area (Å²) in [7, 11) is 0. The van der Waals surface area contributed by atoms with Gasteiger partial charge in [0.1, 0.15) is 17.9 Å². The molecule has 7 heteroatoms. The molecule has 0 radical (unpaired) electrons. The maximum absolute atomic E-state index is 13.1. The van der Waals surface area contributed by atoms with E-state index in [1.54, 1.807) is 6.92 Å². The summed E-state index contributed by atoms with van der Waals surface area (Å²) in [5, 5.41) is 2.85. The minimum Gasteiger partial charge on any atom is -0.323 e. The second-order valence-electron chi connectivity index (χ2n) is 7.05. The molecule has 0 aromatic heterocycles. The van der Waals surface area contributed by atoms with E-state index in [0.29, 0.717) is 18.7 Å². The zero-order valence-corrected chi connectivity index (χ0v) is 15.1. The lowest BCUT2D eigenvalue weighted by molar-refractivity contribution is -0.136. The van der Waals surface area contributed by atoms with Crippen molar-refractivity contribution in [3.05, 3.63) is 30.1 Å². The van der Waals surface area contributed by atoms with Gasteiger partial charge in [-0.2, -0.15) is 0 Å². The number of carbonyl (C=O) groups excluding carboxylic acids is 3. The molecule has 6 nitrogen and oxygen atoms in total. The van der Waals surface area contributed by atoms with Crippen LogP contribution in [0.4, 0.5) is 14.9 Å². The Hall–Kier alpha value is -2.44. The third-order valence-corrected chi connectivity index (χ3v) is 5.55. The van der Waals surface area contributed by atoms with E-state index in [4.69, 9.17) is 0 Å². The number of carbonyl (C=O) groups is 3. The molecule has 4 amide bonds.